The number of aromatic nitrogens is 3. The van der Waals surface area contributed by atoms with Crippen molar-refractivity contribution in [1.82, 2.24) is 14.5 Å². The Morgan fingerprint density at radius 3 is 1.79 bits per heavy atom. The molecule has 5 heteroatoms. The van der Waals surface area contributed by atoms with Gasteiger partial charge >= 0.3 is 0 Å². The third-order valence-corrected chi connectivity index (χ3v) is 12.8. The van der Waals surface area contributed by atoms with Gasteiger partial charge in [0.1, 0.15) is 11.6 Å². The van der Waals surface area contributed by atoms with E-state index in [-0.39, 0.29) is 48.5 Å². The van der Waals surface area contributed by atoms with Crippen LogP contribution in [0.5, 0.6) is 5.75 Å². The number of phenols is 1. The number of hydrogen-bond acceptors (Lipinski definition) is 3. The first-order chi connectivity index (χ1) is 30.5. The summed E-state index contributed by atoms with van der Waals surface area (Å²) < 4.78 is 2.26. The number of para-hydroxylation sites is 1. The van der Waals surface area contributed by atoms with Gasteiger partial charge in [-0.25, -0.2) is 4.98 Å². The minimum atomic E-state index is -0.319. The van der Waals surface area contributed by atoms with Gasteiger partial charge in [0.25, 0.3) is 0 Å². The van der Waals surface area contributed by atoms with Crippen LogP contribution in [0.15, 0.2) is 134 Å². The standard InChI is InChI=1S/C61H66N3O.Pt/c1-38(2)39-23-25-40(26-24-39)42-29-30-62-53(34-42)44-31-43(32-45(33-44)58(3,4)5)49-21-18-22-54-55(49)63-57(50-35-46(59(6,7)8)36-52(56(50)65)61(12,13)14)64(54)47-27-28-48(41-19-16-15-17-20-41)51(37-47)60(9,10)11;/h15-30,32-38,65H,1-14H3;/q-1;. The molecule has 0 spiro atoms. The molecule has 0 radical (unpaired) electrons. The number of imidazole rings is 1. The van der Waals surface area contributed by atoms with Crippen LogP contribution in [0.2, 0.25) is 0 Å². The fourth-order valence-electron chi connectivity index (χ4n) is 8.83. The second-order valence-electron chi connectivity index (χ2n) is 22.4. The molecule has 342 valence electrons. The average Bonchev–Trinajstić information content (AvgIpc) is 3.65. The van der Waals surface area contributed by atoms with Gasteiger partial charge in [-0.1, -0.05) is 193 Å². The number of fused-ring (bicyclic) bond motifs is 1. The van der Waals surface area contributed by atoms with Gasteiger partial charge in [-0.05, 0) is 96.9 Å². The molecule has 6 aromatic carbocycles. The van der Waals surface area contributed by atoms with E-state index in [0.717, 1.165) is 61.4 Å². The van der Waals surface area contributed by atoms with Crippen molar-refractivity contribution in [3.05, 3.63) is 167 Å². The Labute approximate surface area is 408 Å². The fraction of sp³-hybridized carbons (Fsp3) is 0.311. The van der Waals surface area contributed by atoms with E-state index in [2.05, 4.69) is 235 Å². The Hall–Kier alpha value is -5.57. The summed E-state index contributed by atoms with van der Waals surface area (Å²) in [4.78, 5) is 10.6. The molecule has 0 unspecified atom stereocenters. The SMILES string of the molecule is CC(C)c1ccc(-c2ccnc(-c3[c-]c(-c4cccc5c4nc(-c4cc(C(C)(C)C)cc(C(C)(C)C)c4O)n5-c4ccc(-c5ccccc5)c(C(C)(C)C)c4)cc(C(C)(C)C)c3)c2)cc1.[Pt]. The van der Waals surface area contributed by atoms with E-state index in [0.29, 0.717) is 17.3 Å². The van der Waals surface area contributed by atoms with Crippen molar-refractivity contribution in [1.29, 1.82) is 0 Å². The maximum Gasteiger partial charge on any atom is 0.148 e. The first kappa shape index (κ1) is 48.4. The van der Waals surface area contributed by atoms with Gasteiger partial charge < -0.3 is 5.11 Å². The van der Waals surface area contributed by atoms with Gasteiger partial charge in [0.15, 0.2) is 0 Å². The zero-order valence-corrected chi connectivity index (χ0v) is 43.7. The summed E-state index contributed by atoms with van der Waals surface area (Å²) in [6.07, 6.45) is 1.91. The molecule has 0 aliphatic rings. The van der Waals surface area contributed by atoms with Crippen molar-refractivity contribution < 1.29 is 26.2 Å². The Kier molecular flexibility index (Phi) is 13.1. The van der Waals surface area contributed by atoms with Crippen molar-refractivity contribution in [2.24, 2.45) is 0 Å². The molecule has 0 aliphatic carbocycles. The average molecular weight is 1050 g/mol. The van der Waals surface area contributed by atoms with Crippen LogP contribution in [-0.2, 0) is 42.7 Å². The smallest absolute Gasteiger partial charge is 0.148 e. The zero-order chi connectivity index (χ0) is 46.8. The molecule has 4 nitrogen and oxygen atoms in total. The molecule has 0 aliphatic heterocycles. The second kappa shape index (κ2) is 17.9. The number of phenolic OH excluding ortho intramolecular Hbond substituents is 1. The molecule has 8 aromatic rings. The molecule has 0 saturated carbocycles. The molecule has 0 atom stereocenters. The quantitative estimate of drug-likeness (QED) is 0.162. The van der Waals surface area contributed by atoms with E-state index in [1.165, 1.54) is 27.8 Å². The van der Waals surface area contributed by atoms with Gasteiger partial charge in [-0.15, -0.1) is 29.3 Å². The minimum absolute atomic E-state index is 0. The zero-order valence-electron chi connectivity index (χ0n) is 41.4. The largest absolute Gasteiger partial charge is 0.507 e. The molecule has 2 heterocycles. The maximum atomic E-state index is 12.5. The Balaban J connectivity index is 0.00000648. The monoisotopic (exact) mass is 1050 g/mol. The third-order valence-electron chi connectivity index (χ3n) is 12.8. The van der Waals surface area contributed by atoms with E-state index in [9.17, 15) is 5.11 Å². The van der Waals surface area contributed by atoms with Crippen LogP contribution in [-0.4, -0.2) is 19.6 Å². The van der Waals surface area contributed by atoms with Crippen LogP contribution < -0.4 is 0 Å². The van der Waals surface area contributed by atoms with E-state index < -0.39 is 0 Å². The number of hydrogen-bond donors (Lipinski definition) is 1. The Morgan fingerprint density at radius 1 is 0.530 bits per heavy atom. The molecule has 66 heavy (non-hydrogen) atoms. The van der Waals surface area contributed by atoms with Gasteiger partial charge in [-0.2, -0.15) is 0 Å². The summed E-state index contributed by atoms with van der Waals surface area (Å²) in [6, 6.07) is 49.7. The van der Waals surface area contributed by atoms with Crippen molar-refractivity contribution in [3.63, 3.8) is 0 Å². The first-order valence-corrected chi connectivity index (χ1v) is 23.2. The summed E-state index contributed by atoms with van der Waals surface area (Å²) in [5.74, 6) is 1.42. The summed E-state index contributed by atoms with van der Waals surface area (Å²) in [7, 11) is 0. The summed E-state index contributed by atoms with van der Waals surface area (Å²) >= 11 is 0. The van der Waals surface area contributed by atoms with Crippen LogP contribution in [0, 0.1) is 6.07 Å². The molecule has 8 rings (SSSR count). The fourth-order valence-corrected chi connectivity index (χ4v) is 8.83. The number of benzene rings is 6. The third kappa shape index (κ3) is 9.63. The van der Waals surface area contributed by atoms with E-state index in [1.54, 1.807) is 0 Å². The van der Waals surface area contributed by atoms with Gasteiger partial charge in [-0.3, -0.25) is 9.55 Å². The molecule has 1 N–H and O–H groups in total. The Bertz CT molecular complexity index is 3040. The van der Waals surface area contributed by atoms with Crippen molar-refractivity contribution in [2.75, 3.05) is 0 Å². The van der Waals surface area contributed by atoms with Crippen LogP contribution in [0.4, 0.5) is 0 Å². The van der Waals surface area contributed by atoms with Crippen molar-refractivity contribution in [2.45, 2.75) is 125 Å². The maximum absolute atomic E-state index is 12.5. The molecule has 0 saturated heterocycles. The van der Waals surface area contributed by atoms with E-state index >= 15 is 0 Å². The van der Waals surface area contributed by atoms with Gasteiger partial charge in [0, 0.05) is 44.2 Å². The number of pyridine rings is 1. The second-order valence-corrected chi connectivity index (χ2v) is 22.4. The predicted molar refractivity (Wildman–Crippen MR) is 275 cm³/mol. The van der Waals surface area contributed by atoms with Gasteiger partial charge in [0.05, 0.1) is 16.6 Å². The minimum Gasteiger partial charge on any atom is -0.507 e. The van der Waals surface area contributed by atoms with E-state index in [4.69, 9.17) is 9.97 Å². The predicted octanol–water partition coefficient (Wildman–Crippen LogP) is 16.6. The molecular formula is C61H66N3OPt-. The molecular weight excluding hydrogens is 986 g/mol. The first-order valence-electron chi connectivity index (χ1n) is 23.2. The number of aromatic hydroxyl groups is 1. The molecule has 0 bridgehead atoms. The van der Waals surface area contributed by atoms with Crippen LogP contribution in [0.1, 0.15) is 131 Å². The van der Waals surface area contributed by atoms with Crippen molar-refractivity contribution in [3.8, 4) is 67.5 Å². The summed E-state index contributed by atoms with van der Waals surface area (Å²) in [5.41, 5.74) is 16.8. The number of nitrogens with zero attached hydrogens (tertiary/aromatic N) is 3. The molecule has 2 aromatic heterocycles. The molecule has 0 amide bonds. The van der Waals surface area contributed by atoms with E-state index in [1.807, 2.05) is 6.20 Å². The molecule has 0 fully saturated rings. The van der Waals surface area contributed by atoms with Crippen molar-refractivity contribution >= 4 is 11.0 Å². The summed E-state index contributed by atoms with van der Waals surface area (Å²) in [5, 5.41) is 12.5. The van der Waals surface area contributed by atoms with Crippen LogP contribution >= 0.6 is 0 Å². The van der Waals surface area contributed by atoms with Crippen LogP contribution in [0.25, 0.3) is 72.7 Å². The topological polar surface area (TPSA) is 50.9 Å². The number of rotatable bonds is 7. The normalized spacial score (nSPS) is 12.5. The van der Waals surface area contributed by atoms with Crippen LogP contribution in [0.3, 0.4) is 0 Å². The summed E-state index contributed by atoms with van der Waals surface area (Å²) in [6.45, 7) is 31.3. The van der Waals surface area contributed by atoms with Gasteiger partial charge in [0.2, 0.25) is 0 Å². The Morgan fingerprint density at radius 2 is 1.17 bits per heavy atom.